The molecule has 0 saturated carbocycles. The SMILES string of the molecule is COC1=CC2C3C(O)c4cc(CC(C)CCOC5=CC6C7C(OC)c8ccc(OC)c(O)c8C6(CCN7C)CC5=O)c(OC)c(O)c4C2(CCN3C)CC1=O. The quantitative estimate of drug-likeness (QED) is 0.311. The summed E-state index contributed by atoms with van der Waals surface area (Å²) in [6.45, 7) is 3.83. The fourth-order valence-corrected chi connectivity index (χ4v) is 11.6. The molecule has 2 aromatic carbocycles. The molecule has 0 radical (unpaired) electrons. The van der Waals surface area contributed by atoms with Crippen LogP contribution in [0.2, 0.25) is 0 Å². The summed E-state index contributed by atoms with van der Waals surface area (Å²) in [5, 5.41) is 35.3. The monoisotopic (exact) mass is 758 g/mol. The lowest BCUT2D eigenvalue weighted by Gasteiger charge is -2.58. The molecule has 2 saturated heterocycles. The van der Waals surface area contributed by atoms with Crippen molar-refractivity contribution in [3.05, 3.63) is 69.7 Å². The van der Waals surface area contributed by atoms with Gasteiger partial charge in [0.05, 0.1) is 40.1 Å². The smallest absolute Gasteiger partial charge is 0.197 e. The lowest BCUT2D eigenvalue weighted by atomic mass is 9.52. The standard InChI is InChI=1S/C43H54N2O10/c1-22(16-23-17-25-34(39(50)40(23)53-6)42-11-13-44(2)35(37(25)48)26(42)18-31(52-5)28(46)20-42)10-15-55-32-19-27-36-41(54-7)24-8-9-30(51-4)38(49)33(24)43(27,21-29(32)47)12-14-45(36)3/h8-9,17-19,22,26-27,35-37,41,48-50H,10-16,20-21H2,1-7H3. The molecule has 12 nitrogen and oxygen atoms in total. The number of benzene rings is 2. The number of likely N-dealkylation sites (tertiary alicyclic amines) is 2. The van der Waals surface area contributed by atoms with E-state index < -0.39 is 16.9 Å². The van der Waals surface area contributed by atoms with Crippen LogP contribution in [0.4, 0.5) is 0 Å². The van der Waals surface area contributed by atoms with Crippen LogP contribution in [0.25, 0.3) is 0 Å². The summed E-state index contributed by atoms with van der Waals surface area (Å²) in [5.74, 6) is 0.960. The van der Waals surface area contributed by atoms with E-state index >= 15 is 0 Å². The van der Waals surface area contributed by atoms with Crippen molar-refractivity contribution < 1.29 is 48.6 Å². The topological polar surface area (TPSA) is 147 Å². The number of aromatic hydroxyl groups is 2. The second-order valence-electron chi connectivity index (χ2n) is 16.8. The normalized spacial score (nSPS) is 32.9. The maximum absolute atomic E-state index is 13.9. The van der Waals surface area contributed by atoms with Gasteiger partial charge in [-0.1, -0.05) is 13.0 Å². The Morgan fingerprint density at radius 1 is 0.818 bits per heavy atom. The van der Waals surface area contributed by atoms with Gasteiger partial charge in [0.1, 0.15) is 0 Å². The number of methoxy groups -OCH3 is 4. The molecule has 8 rings (SSSR count). The van der Waals surface area contributed by atoms with Gasteiger partial charge in [0.2, 0.25) is 0 Å². The van der Waals surface area contributed by atoms with E-state index in [-0.39, 0.29) is 71.8 Å². The number of piperidine rings is 2. The Kier molecular flexibility index (Phi) is 9.50. The Hall–Kier alpha value is -4.10. The Morgan fingerprint density at radius 3 is 2.07 bits per heavy atom. The van der Waals surface area contributed by atoms with Crippen LogP contribution < -0.4 is 9.47 Å². The van der Waals surface area contributed by atoms with Crippen molar-refractivity contribution in [3.63, 3.8) is 0 Å². The first-order chi connectivity index (χ1) is 26.3. The number of fused-ring (bicyclic) bond motifs is 2. The number of aliphatic hydroxyl groups is 1. The average molecular weight is 759 g/mol. The van der Waals surface area contributed by atoms with Crippen LogP contribution in [0.3, 0.4) is 0 Å². The van der Waals surface area contributed by atoms with Gasteiger partial charge in [-0.05, 0) is 99.8 Å². The first-order valence-corrected chi connectivity index (χ1v) is 19.5. The molecule has 4 bridgehead atoms. The third-order valence-corrected chi connectivity index (χ3v) is 14.1. The highest BCUT2D eigenvalue weighted by Crippen LogP contribution is 2.62. The fourth-order valence-electron chi connectivity index (χ4n) is 11.6. The summed E-state index contributed by atoms with van der Waals surface area (Å²) < 4.78 is 29.2. The van der Waals surface area contributed by atoms with Gasteiger partial charge in [-0.25, -0.2) is 0 Å². The van der Waals surface area contributed by atoms with Gasteiger partial charge in [-0.3, -0.25) is 19.4 Å². The highest BCUT2D eigenvalue weighted by molar-refractivity contribution is 5.97. The third kappa shape index (κ3) is 5.45. The van der Waals surface area contributed by atoms with E-state index in [4.69, 9.17) is 23.7 Å². The molecule has 55 heavy (non-hydrogen) atoms. The number of ether oxygens (including phenoxy) is 5. The summed E-state index contributed by atoms with van der Waals surface area (Å²) in [7, 11) is 10.3. The van der Waals surface area contributed by atoms with E-state index in [1.165, 1.54) is 21.3 Å². The van der Waals surface area contributed by atoms with Crippen molar-refractivity contribution in [3.8, 4) is 23.0 Å². The second-order valence-corrected chi connectivity index (χ2v) is 16.8. The van der Waals surface area contributed by atoms with Gasteiger partial charge in [0.25, 0.3) is 0 Å². The summed E-state index contributed by atoms with van der Waals surface area (Å²) in [6, 6.07) is 5.34. The number of carbonyl (C=O) groups is 2. The number of ketones is 2. The molecule has 3 N–H and O–H groups in total. The molecule has 6 aliphatic rings. The van der Waals surface area contributed by atoms with E-state index in [0.29, 0.717) is 73.0 Å². The second kappa shape index (κ2) is 13.8. The number of carbonyl (C=O) groups excluding carboxylic acids is 2. The number of hydrogen-bond acceptors (Lipinski definition) is 12. The van der Waals surface area contributed by atoms with Crippen molar-refractivity contribution in [2.75, 3.05) is 62.2 Å². The molecule has 12 heteroatoms. The zero-order valence-electron chi connectivity index (χ0n) is 32.9. The molecular weight excluding hydrogens is 704 g/mol. The number of aliphatic hydroxyl groups excluding tert-OH is 1. The Labute approximate surface area is 322 Å². The van der Waals surface area contributed by atoms with Crippen LogP contribution >= 0.6 is 0 Å². The highest BCUT2D eigenvalue weighted by atomic mass is 16.5. The highest BCUT2D eigenvalue weighted by Gasteiger charge is 2.61. The first-order valence-electron chi connectivity index (χ1n) is 19.5. The summed E-state index contributed by atoms with van der Waals surface area (Å²) in [6.07, 6.45) is 5.51. The lowest BCUT2D eigenvalue weighted by molar-refractivity contribution is -0.126. The van der Waals surface area contributed by atoms with Crippen molar-refractivity contribution in [1.82, 2.24) is 9.80 Å². The molecule has 9 unspecified atom stereocenters. The number of hydrogen-bond donors (Lipinski definition) is 3. The number of phenols is 2. The van der Waals surface area contributed by atoms with Gasteiger partial charge in [-0.2, -0.15) is 0 Å². The van der Waals surface area contributed by atoms with Crippen molar-refractivity contribution >= 4 is 11.6 Å². The molecule has 296 valence electrons. The Bertz CT molecular complexity index is 1980. The van der Waals surface area contributed by atoms with Gasteiger partial charge in [-0.15, -0.1) is 0 Å². The maximum atomic E-state index is 13.9. The molecule has 2 heterocycles. The average Bonchev–Trinajstić information content (AvgIpc) is 3.15. The van der Waals surface area contributed by atoms with Crippen LogP contribution in [0.1, 0.15) is 79.1 Å². The summed E-state index contributed by atoms with van der Waals surface area (Å²) in [5.41, 5.74) is 2.37. The predicted octanol–water partition coefficient (Wildman–Crippen LogP) is 4.62. The molecular formula is C43H54N2O10. The zero-order chi connectivity index (χ0) is 39.1. The van der Waals surface area contributed by atoms with Crippen LogP contribution in [0.5, 0.6) is 23.0 Å². The van der Waals surface area contributed by atoms with Gasteiger partial charge < -0.3 is 39.0 Å². The molecule has 0 amide bonds. The van der Waals surface area contributed by atoms with E-state index in [9.17, 15) is 24.9 Å². The number of allylic oxidation sites excluding steroid dienone is 2. The van der Waals surface area contributed by atoms with Gasteiger partial charge in [0, 0.05) is 65.8 Å². The Morgan fingerprint density at radius 2 is 1.44 bits per heavy atom. The molecule has 9 atom stereocenters. The van der Waals surface area contributed by atoms with Gasteiger partial charge >= 0.3 is 0 Å². The number of Topliss-reactive ketones (excluding diaryl/α,β-unsaturated/α-hetero) is 2. The van der Waals surface area contributed by atoms with E-state index in [1.807, 2.05) is 31.3 Å². The minimum atomic E-state index is -0.895. The first kappa shape index (κ1) is 37.8. The number of likely N-dealkylation sites (N-methyl/N-ethyl adjacent to an activating group) is 2. The number of nitrogens with zero attached hydrogens (tertiary/aromatic N) is 2. The molecule has 2 fully saturated rings. The molecule has 2 aromatic rings. The molecule has 2 aliphatic heterocycles. The van der Waals surface area contributed by atoms with Crippen molar-refractivity contribution in [1.29, 1.82) is 0 Å². The number of rotatable bonds is 10. The van der Waals surface area contributed by atoms with Crippen molar-refractivity contribution in [2.24, 2.45) is 17.8 Å². The Balaban J connectivity index is 1.04. The predicted molar refractivity (Wildman–Crippen MR) is 202 cm³/mol. The van der Waals surface area contributed by atoms with E-state index in [1.54, 1.807) is 13.2 Å². The molecule has 0 spiro atoms. The van der Waals surface area contributed by atoms with Crippen molar-refractivity contribution in [2.45, 2.75) is 80.6 Å². The van der Waals surface area contributed by atoms with Crippen LogP contribution in [-0.2, 0) is 41.1 Å². The largest absolute Gasteiger partial charge is 0.504 e. The van der Waals surface area contributed by atoms with Crippen LogP contribution in [0, 0.1) is 17.8 Å². The fraction of sp³-hybridized carbons (Fsp3) is 0.581. The summed E-state index contributed by atoms with van der Waals surface area (Å²) in [4.78, 5) is 31.6. The third-order valence-electron chi connectivity index (χ3n) is 14.1. The maximum Gasteiger partial charge on any atom is 0.197 e. The number of phenolic OH excluding ortho intramolecular Hbond substituents is 2. The minimum Gasteiger partial charge on any atom is -0.504 e. The van der Waals surface area contributed by atoms with Gasteiger partial charge in [0.15, 0.2) is 46.1 Å². The zero-order valence-corrected chi connectivity index (χ0v) is 32.9. The van der Waals surface area contributed by atoms with E-state index in [2.05, 4.69) is 23.8 Å². The minimum absolute atomic E-state index is 0.0120. The van der Waals surface area contributed by atoms with Crippen LogP contribution in [0.15, 0.2) is 41.9 Å². The van der Waals surface area contributed by atoms with Crippen LogP contribution in [-0.4, -0.2) is 111 Å². The molecule has 4 aliphatic carbocycles. The molecule has 0 aromatic heterocycles. The van der Waals surface area contributed by atoms with E-state index in [0.717, 1.165) is 23.2 Å². The summed E-state index contributed by atoms with van der Waals surface area (Å²) >= 11 is 0. The lowest BCUT2D eigenvalue weighted by Crippen LogP contribution is -2.62.